The van der Waals surface area contributed by atoms with Crippen molar-refractivity contribution >= 4 is 5.71 Å². The summed E-state index contributed by atoms with van der Waals surface area (Å²) >= 11 is 0. The summed E-state index contributed by atoms with van der Waals surface area (Å²) < 4.78 is 11.7. The molecule has 2 heterocycles. The standard InChI is InChI=1S/C41H63NO2.H2/c1-8-34(9-2)37(40(36-20-23-44-27-30(36)5)42-32(7)35-19-22-43-26-29(35)4)17-13-14-31(6)41-21-18-28(3)38(39(41)25-41)24-33-15-11-10-12-16-33;/h14,17-18,21,29-30,33-36,39H,7-13,15-16,19-20,22-27H2,1-6H3;1H/b31-14+,37-17+,42-40?;/t29-,30-,35?,36?,39?,41?;/m0./s1. The van der Waals surface area contributed by atoms with Crippen molar-refractivity contribution in [2.75, 3.05) is 26.4 Å². The molecule has 0 bridgehead atoms. The first-order valence-corrected chi connectivity index (χ1v) is 18.5. The first kappa shape index (κ1) is 33.6. The van der Waals surface area contributed by atoms with E-state index in [9.17, 15) is 0 Å². The molecule has 44 heavy (non-hydrogen) atoms. The van der Waals surface area contributed by atoms with E-state index in [1.54, 1.807) is 16.7 Å². The van der Waals surface area contributed by atoms with Crippen LogP contribution in [0.2, 0.25) is 0 Å². The summed E-state index contributed by atoms with van der Waals surface area (Å²) in [7, 11) is 0. The summed E-state index contributed by atoms with van der Waals surface area (Å²) in [5.74, 6) is 3.93. The van der Waals surface area contributed by atoms with Crippen molar-refractivity contribution in [3.63, 3.8) is 0 Å². The van der Waals surface area contributed by atoms with Crippen molar-refractivity contribution in [3.05, 3.63) is 58.9 Å². The smallest absolute Gasteiger partial charge is 0.0498 e. The Bertz CT molecular complexity index is 1170. The molecule has 0 radical (unpaired) electrons. The lowest BCUT2D eigenvalue weighted by atomic mass is 9.77. The van der Waals surface area contributed by atoms with Crippen LogP contribution in [-0.4, -0.2) is 32.1 Å². The van der Waals surface area contributed by atoms with Crippen molar-refractivity contribution in [2.24, 2.45) is 51.8 Å². The molecule has 0 N–H and O–H groups in total. The third-order valence-corrected chi connectivity index (χ3v) is 12.3. The number of ether oxygens (including phenoxy) is 2. The second kappa shape index (κ2) is 15.3. The van der Waals surface area contributed by atoms with Crippen LogP contribution in [0.15, 0.2) is 63.9 Å². The maximum absolute atomic E-state index is 5.92. The van der Waals surface area contributed by atoms with Gasteiger partial charge in [0.15, 0.2) is 0 Å². The molecule has 4 unspecified atom stereocenters. The maximum atomic E-state index is 5.92. The fraction of sp³-hybridized carbons (Fsp3) is 0.732. The number of fused-ring (bicyclic) bond motifs is 1. The zero-order valence-electron chi connectivity index (χ0n) is 29.1. The Balaban J connectivity index is 0.00000461. The zero-order chi connectivity index (χ0) is 31.3. The Morgan fingerprint density at radius 2 is 1.66 bits per heavy atom. The average molecular weight is 604 g/mol. The Labute approximate surface area is 271 Å². The van der Waals surface area contributed by atoms with Crippen LogP contribution in [0, 0.1) is 46.8 Å². The molecule has 5 rings (SSSR count). The van der Waals surface area contributed by atoms with Crippen LogP contribution in [-0.2, 0) is 9.47 Å². The van der Waals surface area contributed by atoms with E-state index in [0.29, 0.717) is 29.6 Å². The lowest BCUT2D eigenvalue weighted by Crippen LogP contribution is -2.34. The van der Waals surface area contributed by atoms with E-state index in [1.165, 1.54) is 56.2 Å². The minimum atomic E-state index is 0. The minimum absolute atomic E-state index is 0. The molecule has 3 heteroatoms. The highest BCUT2D eigenvalue weighted by Gasteiger charge is 2.56. The van der Waals surface area contributed by atoms with Gasteiger partial charge in [0, 0.05) is 56.5 Å². The fourth-order valence-electron chi connectivity index (χ4n) is 9.15. The second-order valence-electron chi connectivity index (χ2n) is 15.2. The van der Waals surface area contributed by atoms with Crippen LogP contribution in [0.5, 0.6) is 0 Å². The molecule has 246 valence electrons. The van der Waals surface area contributed by atoms with E-state index in [1.807, 2.05) is 0 Å². The van der Waals surface area contributed by atoms with Crippen LogP contribution in [0.4, 0.5) is 0 Å². The van der Waals surface area contributed by atoms with Gasteiger partial charge in [-0.1, -0.05) is 107 Å². The highest BCUT2D eigenvalue weighted by Crippen LogP contribution is 2.65. The number of nitrogens with zero attached hydrogens (tertiary/aromatic N) is 1. The Morgan fingerprint density at radius 1 is 1.00 bits per heavy atom. The van der Waals surface area contributed by atoms with Gasteiger partial charge in [-0.05, 0) is 94.0 Å². The van der Waals surface area contributed by atoms with E-state index in [4.69, 9.17) is 14.5 Å². The quantitative estimate of drug-likeness (QED) is 0.164. The molecule has 5 aliphatic rings. The third kappa shape index (κ3) is 7.46. The summed E-state index contributed by atoms with van der Waals surface area (Å²) in [6, 6.07) is 0. The van der Waals surface area contributed by atoms with Crippen molar-refractivity contribution in [3.8, 4) is 0 Å². The molecular formula is C41H65NO2. The second-order valence-corrected chi connectivity index (χ2v) is 15.2. The van der Waals surface area contributed by atoms with E-state index in [-0.39, 0.29) is 6.84 Å². The SMILES string of the molecule is C=C(N=C(/C(=C/C/C=C(\C)C12C=CC(C)=C(CC3CCCCC3)C1C2)C(CC)CC)C1CCOC[C@@H]1C)C1CCOC[C@@H]1C.[HH]. The molecule has 6 atom stereocenters. The monoisotopic (exact) mass is 604 g/mol. The van der Waals surface area contributed by atoms with Crippen LogP contribution >= 0.6 is 0 Å². The normalized spacial score (nSPS) is 34.0. The van der Waals surface area contributed by atoms with Crippen molar-refractivity contribution in [2.45, 2.75) is 119 Å². The highest BCUT2D eigenvalue weighted by molar-refractivity contribution is 6.03. The number of hydrogen-bond acceptors (Lipinski definition) is 3. The Hall–Kier alpha value is -1.71. The summed E-state index contributed by atoms with van der Waals surface area (Å²) in [6.07, 6.45) is 25.3. The van der Waals surface area contributed by atoms with E-state index < -0.39 is 0 Å². The van der Waals surface area contributed by atoms with Gasteiger partial charge in [0.05, 0.1) is 0 Å². The summed E-state index contributed by atoms with van der Waals surface area (Å²) in [5.41, 5.74) is 9.05. The van der Waals surface area contributed by atoms with Gasteiger partial charge in [-0.3, -0.25) is 4.99 Å². The first-order chi connectivity index (χ1) is 21.3. The van der Waals surface area contributed by atoms with E-state index >= 15 is 0 Å². The van der Waals surface area contributed by atoms with Gasteiger partial charge in [0.25, 0.3) is 0 Å². The number of rotatable bonds is 12. The maximum Gasteiger partial charge on any atom is 0.0498 e. The van der Waals surface area contributed by atoms with Crippen molar-refractivity contribution < 1.29 is 10.9 Å². The molecule has 0 aromatic carbocycles. The van der Waals surface area contributed by atoms with Gasteiger partial charge in [-0.2, -0.15) is 0 Å². The zero-order valence-corrected chi connectivity index (χ0v) is 29.1. The third-order valence-electron chi connectivity index (χ3n) is 12.3. The molecule has 3 aliphatic carbocycles. The Kier molecular flexibility index (Phi) is 11.7. The van der Waals surface area contributed by atoms with Gasteiger partial charge in [0.1, 0.15) is 0 Å². The van der Waals surface area contributed by atoms with E-state index in [2.05, 4.69) is 72.4 Å². The van der Waals surface area contributed by atoms with Gasteiger partial charge < -0.3 is 9.47 Å². The molecule has 4 fully saturated rings. The molecule has 2 saturated heterocycles. The molecular weight excluding hydrogens is 538 g/mol. The predicted molar refractivity (Wildman–Crippen MR) is 189 cm³/mol. The number of allylic oxidation sites excluding steroid dienone is 9. The molecule has 0 spiro atoms. The number of aliphatic imine (C=N–C) groups is 1. The first-order valence-electron chi connectivity index (χ1n) is 18.5. The van der Waals surface area contributed by atoms with Crippen molar-refractivity contribution in [1.82, 2.24) is 0 Å². The lowest BCUT2D eigenvalue weighted by molar-refractivity contribution is 0.0349. The van der Waals surface area contributed by atoms with Gasteiger partial charge in [-0.15, -0.1) is 0 Å². The predicted octanol–water partition coefficient (Wildman–Crippen LogP) is 11.1. The molecule has 2 aliphatic heterocycles. The van der Waals surface area contributed by atoms with Crippen LogP contribution in [0.25, 0.3) is 0 Å². The van der Waals surface area contributed by atoms with Gasteiger partial charge in [0.2, 0.25) is 0 Å². The molecule has 0 amide bonds. The lowest BCUT2D eigenvalue weighted by Gasteiger charge is -2.35. The molecule has 0 aromatic heterocycles. The van der Waals surface area contributed by atoms with Crippen molar-refractivity contribution in [1.29, 1.82) is 0 Å². The van der Waals surface area contributed by atoms with Crippen LogP contribution in [0.3, 0.4) is 0 Å². The van der Waals surface area contributed by atoms with E-state index in [0.717, 1.165) is 76.1 Å². The topological polar surface area (TPSA) is 30.8 Å². The van der Waals surface area contributed by atoms with Gasteiger partial charge in [-0.25, -0.2) is 0 Å². The van der Waals surface area contributed by atoms with Crippen LogP contribution < -0.4 is 0 Å². The summed E-state index contributed by atoms with van der Waals surface area (Å²) in [4.78, 5) is 5.53. The molecule has 2 saturated carbocycles. The van der Waals surface area contributed by atoms with Crippen LogP contribution in [0.1, 0.15) is 120 Å². The molecule has 3 nitrogen and oxygen atoms in total. The number of hydrogen-bond donors (Lipinski definition) is 0. The summed E-state index contributed by atoms with van der Waals surface area (Å²) in [6.45, 7) is 22.0. The Morgan fingerprint density at radius 3 is 2.30 bits per heavy atom. The average Bonchev–Trinajstić information content (AvgIpc) is 3.79. The fourth-order valence-corrected chi connectivity index (χ4v) is 9.15. The molecule has 0 aromatic rings. The minimum Gasteiger partial charge on any atom is -0.381 e. The largest absolute Gasteiger partial charge is 0.381 e. The van der Waals surface area contributed by atoms with Gasteiger partial charge >= 0.3 is 0 Å². The highest BCUT2D eigenvalue weighted by atomic mass is 16.5. The summed E-state index contributed by atoms with van der Waals surface area (Å²) in [5, 5.41) is 0.